The zero-order valence-electron chi connectivity index (χ0n) is 17.2. The topological polar surface area (TPSA) is 3.24 Å². The third-order valence-electron chi connectivity index (χ3n) is 6.47. The van der Waals surface area contributed by atoms with Gasteiger partial charge in [-0.2, -0.15) is 0 Å². The van der Waals surface area contributed by atoms with Crippen LogP contribution in [-0.4, -0.2) is 12.6 Å². The summed E-state index contributed by atoms with van der Waals surface area (Å²) in [5.74, 6) is 0. The van der Waals surface area contributed by atoms with Gasteiger partial charge in [-0.25, -0.2) is 0 Å². The molecular weight excluding hydrogens is 338 g/mol. The van der Waals surface area contributed by atoms with E-state index in [0.29, 0.717) is 6.04 Å². The van der Waals surface area contributed by atoms with Crippen molar-refractivity contribution >= 4 is 11.3 Å². The summed E-state index contributed by atoms with van der Waals surface area (Å²) >= 11 is 0. The van der Waals surface area contributed by atoms with E-state index >= 15 is 0 Å². The van der Waals surface area contributed by atoms with E-state index in [2.05, 4.69) is 92.4 Å². The van der Waals surface area contributed by atoms with Crippen LogP contribution in [0.4, 0.5) is 5.69 Å². The van der Waals surface area contributed by atoms with E-state index in [4.69, 9.17) is 0 Å². The smallest absolute Gasteiger partial charge is 0.0696 e. The summed E-state index contributed by atoms with van der Waals surface area (Å²) in [7, 11) is 0. The summed E-state index contributed by atoms with van der Waals surface area (Å²) in [6, 6.07) is 16.3. The van der Waals surface area contributed by atoms with Gasteiger partial charge in [-0.1, -0.05) is 80.1 Å². The Balaban J connectivity index is 1.60. The first-order valence-corrected chi connectivity index (χ1v) is 10.5. The van der Waals surface area contributed by atoms with E-state index in [9.17, 15) is 0 Å². The van der Waals surface area contributed by atoms with Gasteiger partial charge in [0.1, 0.15) is 0 Å². The number of aryl methyl sites for hydroxylation is 1. The zero-order chi connectivity index (χ0) is 19.3. The molecule has 5 rings (SSSR count). The second-order valence-electron chi connectivity index (χ2n) is 9.27. The van der Waals surface area contributed by atoms with Crippen LogP contribution < -0.4 is 4.90 Å². The highest BCUT2D eigenvalue weighted by molar-refractivity contribution is 5.81. The van der Waals surface area contributed by atoms with Crippen LogP contribution in [-0.2, 0) is 12.8 Å². The first-order valence-electron chi connectivity index (χ1n) is 10.5. The molecule has 1 heteroatoms. The van der Waals surface area contributed by atoms with Crippen molar-refractivity contribution in [2.45, 2.75) is 46.1 Å². The highest BCUT2D eigenvalue weighted by Gasteiger charge is 2.34. The first-order chi connectivity index (χ1) is 13.5. The molecule has 28 heavy (non-hydrogen) atoms. The van der Waals surface area contributed by atoms with E-state index in [0.717, 1.165) is 25.8 Å². The Hall–Kier alpha value is -2.54. The summed E-state index contributed by atoms with van der Waals surface area (Å²) in [5, 5.41) is 0. The Morgan fingerprint density at radius 2 is 1.82 bits per heavy atom. The van der Waals surface area contributed by atoms with Crippen molar-refractivity contribution in [1.29, 1.82) is 0 Å². The lowest BCUT2D eigenvalue weighted by Gasteiger charge is -2.41. The number of hydrogen-bond donors (Lipinski definition) is 0. The van der Waals surface area contributed by atoms with Gasteiger partial charge in [0.25, 0.3) is 0 Å². The lowest BCUT2D eigenvalue weighted by Crippen LogP contribution is -2.43. The molecule has 142 valence electrons. The second kappa shape index (κ2) is 6.51. The molecular formula is C27H29N. The van der Waals surface area contributed by atoms with Gasteiger partial charge >= 0.3 is 0 Å². The minimum Gasteiger partial charge on any atom is -0.360 e. The minimum absolute atomic E-state index is 0.154. The molecule has 0 spiro atoms. The van der Waals surface area contributed by atoms with Crippen molar-refractivity contribution in [2.75, 3.05) is 11.4 Å². The van der Waals surface area contributed by atoms with Gasteiger partial charge in [0, 0.05) is 17.6 Å². The molecule has 2 aromatic carbocycles. The molecule has 1 heterocycles. The Morgan fingerprint density at radius 1 is 0.964 bits per heavy atom. The maximum absolute atomic E-state index is 2.67. The van der Waals surface area contributed by atoms with E-state index < -0.39 is 0 Å². The van der Waals surface area contributed by atoms with Crippen molar-refractivity contribution in [3.63, 3.8) is 0 Å². The van der Waals surface area contributed by atoms with E-state index in [-0.39, 0.29) is 5.41 Å². The summed E-state index contributed by atoms with van der Waals surface area (Å²) in [5.41, 5.74) is 10.5. The van der Waals surface area contributed by atoms with Crippen LogP contribution >= 0.6 is 0 Å². The Bertz CT molecular complexity index is 1020. The monoisotopic (exact) mass is 367 g/mol. The highest BCUT2D eigenvalue weighted by atomic mass is 15.2. The quantitative estimate of drug-likeness (QED) is 0.536. The molecule has 3 aliphatic rings. The van der Waals surface area contributed by atoms with Crippen LogP contribution in [0.1, 0.15) is 42.5 Å². The predicted octanol–water partition coefficient (Wildman–Crippen LogP) is 6.28. The predicted molar refractivity (Wildman–Crippen MR) is 120 cm³/mol. The molecule has 0 saturated carbocycles. The molecule has 2 aromatic rings. The molecule has 1 unspecified atom stereocenters. The Morgan fingerprint density at radius 3 is 2.71 bits per heavy atom. The Labute approximate surface area is 169 Å². The minimum atomic E-state index is 0.154. The van der Waals surface area contributed by atoms with Crippen molar-refractivity contribution in [3.8, 4) is 0 Å². The van der Waals surface area contributed by atoms with Gasteiger partial charge in [-0.15, -0.1) is 0 Å². The summed E-state index contributed by atoms with van der Waals surface area (Å²) < 4.78 is 0. The standard InChI is InChI=1S/C27H29N/c1-19-13-14-22-21(16-19)17-24-23(22)10-6-12-26(24)28-18-27(2,3)15-7-9-20-8-4-5-11-25(20)28/h4-8,11-16,26H,9-10,17-18H2,1-3H3. The lowest BCUT2D eigenvalue weighted by atomic mass is 9.85. The number of anilines is 1. The normalized spacial score (nSPS) is 22.4. The van der Waals surface area contributed by atoms with Crippen molar-refractivity contribution in [1.82, 2.24) is 0 Å². The maximum Gasteiger partial charge on any atom is 0.0696 e. The van der Waals surface area contributed by atoms with Gasteiger partial charge < -0.3 is 4.90 Å². The second-order valence-corrected chi connectivity index (χ2v) is 9.27. The number of fused-ring (bicyclic) bond motifs is 3. The largest absolute Gasteiger partial charge is 0.360 e. The summed E-state index contributed by atoms with van der Waals surface area (Å²) in [4.78, 5) is 2.67. The fraction of sp³-hybridized carbons (Fsp3) is 0.333. The van der Waals surface area contributed by atoms with E-state index in [1.165, 1.54) is 27.9 Å². The zero-order valence-corrected chi connectivity index (χ0v) is 17.2. The van der Waals surface area contributed by atoms with Gasteiger partial charge in [0.2, 0.25) is 0 Å². The molecule has 1 atom stereocenters. The molecule has 0 radical (unpaired) electrons. The lowest BCUT2D eigenvalue weighted by molar-refractivity contribution is 0.459. The van der Waals surface area contributed by atoms with E-state index in [1.807, 2.05) is 0 Å². The number of para-hydroxylation sites is 1. The summed E-state index contributed by atoms with van der Waals surface area (Å²) in [6.45, 7) is 7.95. The van der Waals surface area contributed by atoms with E-state index in [1.54, 1.807) is 11.1 Å². The third-order valence-corrected chi connectivity index (χ3v) is 6.47. The molecule has 1 aliphatic heterocycles. The molecule has 0 amide bonds. The number of rotatable bonds is 1. The number of allylic oxidation sites excluding steroid dienone is 3. The maximum atomic E-state index is 2.67. The van der Waals surface area contributed by atoms with Crippen LogP contribution in [0.5, 0.6) is 0 Å². The van der Waals surface area contributed by atoms with Crippen LogP contribution in [0.2, 0.25) is 0 Å². The third kappa shape index (κ3) is 2.94. The fourth-order valence-corrected chi connectivity index (χ4v) is 5.19. The molecule has 0 fully saturated rings. The number of benzene rings is 2. The van der Waals surface area contributed by atoms with Crippen molar-refractivity contribution < 1.29 is 0 Å². The summed E-state index contributed by atoms with van der Waals surface area (Å²) in [6.07, 6.45) is 12.8. The highest BCUT2D eigenvalue weighted by Crippen LogP contribution is 2.43. The molecule has 0 N–H and O–H groups in total. The molecule has 2 aliphatic carbocycles. The Kier molecular flexibility index (Phi) is 4.08. The first kappa shape index (κ1) is 17.6. The van der Waals surface area contributed by atoms with Gasteiger partial charge in [-0.3, -0.25) is 0 Å². The average Bonchev–Trinajstić information content (AvgIpc) is 3.03. The van der Waals surface area contributed by atoms with Crippen molar-refractivity contribution in [3.05, 3.63) is 94.6 Å². The number of hydrogen-bond acceptors (Lipinski definition) is 1. The van der Waals surface area contributed by atoms with Crippen LogP contribution in [0.3, 0.4) is 0 Å². The molecule has 0 bridgehead atoms. The molecule has 0 saturated heterocycles. The van der Waals surface area contributed by atoms with Crippen molar-refractivity contribution in [2.24, 2.45) is 5.41 Å². The van der Waals surface area contributed by atoms with Gasteiger partial charge in [0.05, 0.1) is 6.04 Å². The van der Waals surface area contributed by atoms with Crippen LogP contribution in [0.15, 0.2) is 72.3 Å². The fourth-order valence-electron chi connectivity index (χ4n) is 5.19. The molecule has 0 aromatic heterocycles. The SMILES string of the molecule is Cc1ccc2c(c1)CC1=C2CC=CC1N1CC(C)(C)C=CCc2ccccc21. The van der Waals surface area contributed by atoms with Crippen LogP contribution in [0.25, 0.3) is 5.57 Å². The number of nitrogens with zero attached hydrogens (tertiary/aromatic N) is 1. The van der Waals surface area contributed by atoms with Gasteiger partial charge in [-0.05, 0) is 60.1 Å². The van der Waals surface area contributed by atoms with Gasteiger partial charge in [0.15, 0.2) is 0 Å². The van der Waals surface area contributed by atoms with Crippen LogP contribution in [0, 0.1) is 12.3 Å². The molecule has 1 nitrogen and oxygen atoms in total. The average molecular weight is 368 g/mol.